The quantitative estimate of drug-likeness (QED) is 0.759. The molecule has 3 rings (SSSR count). The number of hydrogen-bond donors (Lipinski definition) is 0. The Kier molecular flexibility index (Phi) is 5.24. The summed E-state index contributed by atoms with van der Waals surface area (Å²) in [6, 6.07) is 5.53. The third-order valence-electron chi connectivity index (χ3n) is 4.79. The molecular weight excluding hydrogens is 346 g/mol. The lowest BCUT2D eigenvalue weighted by molar-refractivity contribution is -0.114. The van der Waals surface area contributed by atoms with Crippen LogP contribution in [0.25, 0.3) is 0 Å². The largest absolute Gasteiger partial charge is 0.444 e. The van der Waals surface area contributed by atoms with E-state index in [0.717, 1.165) is 18.7 Å². The van der Waals surface area contributed by atoms with Crippen molar-refractivity contribution in [2.45, 2.75) is 33.3 Å². The van der Waals surface area contributed by atoms with E-state index in [1.54, 1.807) is 15.9 Å². The van der Waals surface area contributed by atoms with E-state index in [-0.39, 0.29) is 6.09 Å². The Hall–Kier alpha value is -2.41. The normalized spacial score (nSPS) is 18.1. The minimum Gasteiger partial charge on any atom is -0.444 e. The summed E-state index contributed by atoms with van der Waals surface area (Å²) in [6.07, 6.45) is -0.285. The number of rotatable bonds is 3. The molecule has 1 fully saturated rings. The number of carbonyl (C=O) groups excluding carboxylic acids is 3. The van der Waals surface area contributed by atoms with E-state index >= 15 is 0 Å². The van der Waals surface area contributed by atoms with Crippen molar-refractivity contribution in [2.24, 2.45) is 0 Å². The van der Waals surface area contributed by atoms with Gasteiger partial charge in [0.05, 0.1) is 11.3 Å². The van der Waals surface area contributed by atoms with Crippen LogP contribution in [-0.2, 0) is 9.53 Å². The predicted octanol–water partition coefficient (Wildman–Crippen LogP) is 2.08. The molecule has 0 radical (unpaired) electrons. The van der Waals surface area contributed by atoms with Crippen LogP contribution in [0.4, 0.5) is 10.5 Å². The Morgan fingerprint density at radius 1 is 1.07 bits per heavy atom. The summed E-state index contributed by atoms with van der Waals surface area (Å²) in [5.74, 6) is -0.883. The van der Waals surface area contributed by atoms with Crippen molar-refractivity contribution in [3.05, 3.63) is 29.3 Å². The maximum atomic E-state index is 12.3. The average molecular weight is 373 g/mol. The molecule has 2 heterocycles. The van der Waals surface area contributed by atoms with Crippen molar-refractivity contribution in [2.75, 3.05) is 44.2 Å². The highest BCUT2D eigenvalue weighted by atomic mass is 16.6. The summed E-state index contributed by atoms with van der Waals surface area (Å²) < 4.78 is 5.41. The van der Waals surface area contributed by atoms with E-state index in [2.05, 4.69) is 4.90 Å². The van der Waals surface area contributed by atoms with Crippen LogP contribution >= 0.6 is 0 Å². The first kappa shape index (κ1) is 19.4. The molecule has 0 unspecified atom stereocenters. The fraction of sp³-hybridized carbons (Fsp3) is 0.550. The smallest absolute Gasteiger partial charge is 0.410 e. The van der Waals surface area contributed by atoms with Crippen LogP contribution < -0.4 is 4.90 Å². The minimum atomic E-state index is -0.497. The Morgan fingerprint density at radius 3 is 2.37 bits per heavy atom. The van der Waals surface area contributed by atoms with E-state index in [9.17, 15) is 14.4 Å². The maximum Gasteiger partial charge on any atom is 0.410 e. The fourth-order valence-electron chi connectivity index (χ4n) is 3.36. The molecule has 0 aliphatic carbocycles. The first-order chi connectivity index (χ1) is 12.7. The second kappa shape index (κ2) is 7.31. The third kappa shape index (κ3) is 4.30. The number of anilines is 1. The molecule has 0 N–H and O–H groups in total. The minimum absolute atomic E-state index is 0.285. The number of amides is 2. The topological polar surface area (TPSA) is 70.2 Å². The highest BCUT2D eigenvalue weighted by Gasteiger charge is 2.36. The number of hydrogen-bond acceptors (Lipinski definition) is 5. The van der Waals surface area contributed by atoms with Crippen LogP contribution in [-0.4, -0.2) is 72.5 Å². The van der Waals surface area contributed by atoms with Crippen LogP contribution in [0.1, 0.15) is 36.7 Å². The van der Waals surface area contributed by atoms with Gasteiger partial charge in [0.2, 0.25) is 0 Å². The summed E-state index contributed by atoms with van der Waals surface area (Å²) in [6.45, 7) is 11.2. The highest BCUT2D eigenvalue weighted by molar-refractivity contribution is 6.52. The number of fused-ring (bicyclic) bond motifs is 1. The summed E-state index contributed by atoms with van der Waals surface area (Å²) in [4.78, 5) is 42.1. The lowest BCUT2D eigenvalue weighted by Gasteiger charge is -2.36. The number of ether oxygens (including phenoxy) is 1. The van der Waals surface area contributed by atoms with Crippen LogP contribution in [0.15, 0.2) is 18.2 Å². The molecule has 1 saturated heterocycles. The zero-order valence-electron chi connectivity index (χ0n) is 16.4. The van der Waals surface area contributed by atoms with Crippen molar-refractivity contribution in [3.63, 3.8) is 0 Å². The van der Waals surface area contributed by atoms with Gasteiger partial charge in [-0.3, -0.25) is 14.5 Å². The van der Waals surface area contributed by atoms with Gasteiger partial charge in [0, 0.05) is 39.3 Å². The molecule has 0 bridgehead atoms. The molecule has 27 heavy (non-hydrogen) atoms. The Balaban J connectivity index is 1.53. The SMILES string of the molecule is Cc1ccc2c(c1)C(=O)C(=O)N2CCN1CCN(C(=O)OC(C)(C)C)CC1. The number of ketones is 1. The van der Waals surface area contributed by atoms with Gasteiger partial charge < -0.3 is 14.5 Å². The molecule has 1 aromatic rings. The van der Waals surface area contributed by atoms with Gasteiger partial charge in [0.15, 0.2) is 0 Å². The molecule has 1 aromatic carbocycles. The van der Waals surface area contributed by atoms with Gasteiger partial charge >= 0.3 is 6.09 Å². The van der Waals surface area contributed by atoms with Gasteiger partial charge in [0.25, 0.3) is 11.7 Å². The number of piperazine rings is 1. The fourth-order valence-corrected chi connectivity index (χ4v) is 3.36. The Bertz CT molecular complexity index is 761. The molecule has 2 amide bonds. The zero-order chi connectivity index (χ0) is 19.8. The number of nitrogens with zero attached hydrogens (tertiary/aromatic N) is 3. The van der Waals surface area contributed by atoms with Crippen molar-refractivity contribution in [1.82, 2.24) is 9.80 Å². The Labute approximate surface area is 159 Å². The number of carbonyl (C=O) groups is 3. The van der Waals surface area contributed by atoms with Crippen molar-refractivity contribution in [3.8, 4) is 0 Å². The van der Waals surface area contributed by atoms with Crippen molar-refractivity contribution < 1.29 is 19.1 Å². The monoisotopic (exact) mass is 373 g/mol. The summed E-state index contributed by atoms with van der Waals surface area (Å²) in [5, 5.41) is 0. The molecule has 7 heteroatoms. The number of Topliss-reactive ketones (excluding diaryl/α,β-unsaturated/α-hetero) is 1. The zero-order valence-corrected chi connectivity index (χ0v) is 16.4. The second-order valence-electron chi connectivity index (χ2n) is 8.12. The van der Waals surface area contributed by atoms with Crippen LogP contribution in [0.3, 0.4) is 0 Å². The molecule has 2 aliphatic rings. The average Bonchev–Trinajstić information content (AvgIpc) is 2.83. The van der Waals surface area contributed by atoms with Gasteiger partial charge in [-0.1, -0.05) is 11.6 Å². The van der Waals surface area contributed by atoms with Crippen molar-refractivity contribution >= 4 is 23.5 Å². The first-order valence-corrected chi connectivity index (χ1v) is 9.33. The maximum absolute atomic E-state index is 12.3. The van der Waals surface area contributed by atoms with Gasteiger partial charge in [-0.2, -0.15) is 0 Å². The van der Waals surface area contributed by atoms with Gasteiger partial charge in [-0.25, -0.2) is 4.79 Å². The Morgan fingerprint density at radius 2 is 1.74 bits per heavy atom. The molecule has 0 aromatic heterocycles. The predicted molar refractivity (Wildman–Crippen MR) is 102 cm³/mol. The molecular formula is C20H27N3O4. The highest BCUT2D eigenvalue weighted by Crippen LogP contribution is 2.29. The standard InChI is InChI=1S/C20H27N3O4/c1-14-5-6-16-15(13-14)17(24)18(25)23(16)12-9-21-7-10-22(11-8-21)19(26)27-20(2,3)4/h5-6,13H,7-12H2,1-4H3. The molecule has 0 spiro atoms. The van der Waals surface area contributed by atoms with Crippen molar-refractivity contribution in [1.29, 1.82) is 0 Å². The number of benzene rings is 1. The molecule has 7 nitrogen and oxygen atoms in total. The molecule has 0 saturated carbocycles. The van der Waals surface area contributed by atoms with Gasteiger partial charge in [-0.05, 0) is 39.8 Å². The van der Waals surface area contributed by atoms with Gasteiger partial charge in [0.1, 0.15) is 5.60 Å². The van der Waals surface area contributed by atoms with E-state index in [4.69, 9.17) is 4.74 Å². The van der Waals surface area contributed by atoms with Crippen LogP contribution in [0.5, 0.6) is 0 Å². The van der Waals surface area contributed by atoms with E-state index in [1.807, 2.05) is 39.8 Å². The van der Waals surface area contributed by atoms with Gasteiger partial charge in [-0.15, -0.1) is 0 Å². The third-order valence-corrected chi connectivity index (χ3v) is 4.79. The summed E-state index contributed by atoms with van der Waals surface area (Å²) in [5.41, 5.74) is 1.66. The van der Waals surface area contributed by atoms with E-state index in [0.29, 0.717) is 37.4 Å². The number of aryl methyl sites for hydroxylation is 1. The van der Waals surface area contributed by atoms with E-state index in [1.165, 1.54) is 0 Å². The second-order valence-corrected chi connectivity index (χ2v) is 8.12. The molecule has 146 valence electrons. The lowest BCUT2D eigenvalue weighted by atomic mass is 10.1. The van der Waals surface area contributed by atoms with Crippen LogP contribution in [0, 0.1) is 6.92 Å². The molecule has 2 aliphatic heterocycles. The summed E-state index contributed by atoms with van der Waals surface area (Å²) >= 11 is 0. The van der Waals surface area contributed by atoms with E-state index < -0.39 is 17.3 Å². The summed E-state index contributed by atoms with van der Waals surface area (Å²) in [7, 11) is 0. The first-order valence-electron chi connectivity index (χ1n) is 9.33. The lowest BCUT2D eigenvalue weighted by Crippen LogP contribution is -2.51. The molecule has 0 atom stereocenters. The van der Waals surface area contributed by atoms with Crippen LogP contribution in [0.2, 0.25) is 0 Å².